The molecule has 0 saturated carbocycles. The maximum absolute atomic E-state index is 12.0. The maximum atomic E-state index is 12.0. The minimum absolute atomic E-state index is 0.0586. The predicted molar refractivity (Wildman–Crippen MR) is 165 cm³/mol. The number of hydrogen-bond donors (Lipinski definition) is 0. The molecule has 1 aliphatic heterocycles. The van der Waals surface area contributed by atoms with E-state index in [1.54, 1.807) is 25.7 Å². The van der Waals surface area contributed by atoms with Gasteiger partial charge in [-0.1, -0.05) is 37.8 Å². The molecular weight excluding hydrogens is 548 g/mol. The van der Waals surface area contributed by atoms with E-state index in [2.05, 4.69) is 63.9 Å². The van der Waals surface area contributed by atoms with Crippen LogP contribution in [0, 0.1) is 0 Å². The van der Waals surface area contributed by atoms with Crippen molar-refractivity contribution in [2.45, 2.75) is 39.0 Å². The van der Waals surface area contributed by atoms with Gasteiger partial charge in [0.1, 0.15) is 19.1 Å². The summed E-state index contributed by atoms with van der Waals surface area (Å²) < 4.78 is 18.7. The van der Waals surface area contributed by atoms with Crippen molar-refractivity contribution in [3.8, 4) is 23.0 Å². The van der Waals surface area contributed by atoms with Crippen molar-refractivity contribution in [3.63, 3.8) is 0 Å². The zero-order chi connectivity index (χ0) is 29.5. The Hall–Kier alpha value is -3.64. The first-order valence-electron chi connectivity index (χ1n) is 14.4. The van der Waals surface area contributed by atoms with Gasteiger partial charge in [0.2, 0.25) is 5.91 Å². The van der Waals surface area contributed by atoms with Crippen molar-refractivity contribution < 1.29 is 19.0 Å². The molecule has 0 atom stereocenters. The van der Waals surface area contributed by atoms with E-state index in [4.69, 9.17) is 14.2 Å². The standard InChI is InChI=1S/C31H40N6O4Si/c1-39-22-30(38)36-13-11-35(12-14-36)21-24-5-6-26-18-28(8-7-25(26)17-24)41-31-32-19-27(20-33-31)29-9-10-34-37(29)23-40-15-16-42(2,3)4/h5-10,17-20H,11-16,21-23H2,1-4H3. The molecule has 11 heteroatoms. The summed E-state index contributed by atoms with van der Waals surface area (Å²) in [6.45, 7) is 12.3. The molecule has 222 valence electrons. The fourth-order valence-corrected chi connectivity index (χ4v) is 5.64. The van der Waals surface area contributed by atoms with Crippen molar-refractivity contribution in [1.29, 1.82) is 0 Å². The van der Waals surface area contributed by atoms with E-state index < -0.39 is 8.07 Å². The van der Waals surface area contributed by atoms with Gasteiger partial charge in [0.25, 0.3) is 0 Å². The van der Waals surface area contributed by atoms with Gasteiger partial charge in [-0.2, -0.15) is 5.10 Å². The van der Waals surface area contributed by atoms with Crippen molar-refractivity contribution in [1.82, 2.24) is 29.5 Å². The summed E-state index contributed by atoms with van der Waals surface area (Å²) in [5.74, 6) is 0.740. The molecule has 42 heavy (non-hydrogen) atoms. The number of carbonyl (C=O) groups excluding carboxylic acids is 1. The van der Waals surface area contributed by atoms with Crippen LogP contribution in [0.25, 0.3) is 22.0 Å². The van der Waals surface area contributed by atoms with E-state index >= 15 is 0 Å². The molecule has 2 aromatic carbocycles. The van der Waals surface area contributed by atoms with Gasteiger partial charge in [-0.25, -0.2) is 14.6 Å². The van der Waals surface area contributed by atoms with Gasteiger partial charge in [0.05, 0.1) is 5.69 Å². The molecule has 1 saturated heterocycles. The number of piperazine rings is 1. The van der Waals surface area contributed by atoms with Gasteiger partial charge in [0.15, 0.2) is 0 Å². The van der Waals surface area contributed by atoms with Gasteiger partial charge in [-0.15, -0.1) is 0 Å². The van der Waals surface area contributed by atoms with Crippen LogP contribution in [-0.4, -0.2) is 90.0 Å². The zero-order valence-corrected chi connectivity index (χ0v) is 26.0. The highest BCUT2D eigenvalue weighted by Gasteiger charge is 2.21. The van der Waals surface area contributed by atoms with Crippen molar-refractivity contribution >= 4 is 24.8 Å². The van der Waals surface area contributed by atoms with Gasteiger partial charge >= 0.3 is 6.01 Å². The van der Waals surface area contributed by atoms with Crippen LogP contribution >= 0.6 is 0 Å². The largest absolute Gasteiger partial charge is 0.424 e. The number of methoxy groups -OCH3 is 1. The molecule has 3 heterocycles. The first-order valence-corrected chi connectivity index (χ1v) is 18.1. The molecule has 4 aromatic rings. The van der Waals surface area contributed by atoms with Crippen LogP contribution < -0.4 is 4.74 Å². The average Bonchev–Trinajstić information content (AvgIpc) is 3.44. The van der Waals surface area contributed by atoms with Crippen LogP contribution in [0.5, 0.6) is 11.8 Å². The fourth-order valence-electron chi connectivity index (χ4n) is 4.88. The first-order chi connectivity index (χ1) is 20.3. The van der Waals surface area contributed by atoms with Crippen LogP contribution in [-0.2, 0) is 27.5 Å². The van der Waals surface area contributed by atoms with Crippen LogP contribution in [0.3, 0.4) is 0 Å². The molecule has 5 rings (SSSR count). The smallest absolute Gasteiger partial charge is 0.321 e. The molecular formula is C31H40N6O4Si. The number of hydrogen-bond acceptors (Lipinski definition) is 8. The van der Waals surface area contributed by atoms with Gasteiger partial charge < -0.3 is 19.1 Å². The molecule has 0 radical (unpaired) electrons. The van der Waals surface area contributed by atoms with Gasteiger partial charge in [-0.05, 0) is 46.6 Å². The number of carbonyl (C=O) groups is 1. The normalized spacial score (nSPS) is 14.4. The Balaban J connectivity index is 1.16. The molecule has 10 nitrogen and oxygen atoms in total. The van der Waals surface area contributed by atoms with E-state index in [1.807, 2.05) is 27.8 Å². The number of rotatable bonds is 12. The van der Waals surface area contributed by atoms with E-state index in [0.717, 1.165) is 67.4 Å². The summed E-state index contributed by atoms with van der Waals surface area (Å²) in [5, 5.41) is 6.62. The summed E-state index contributed by atoms with van der Waals surface area (Å²) in [5.41, 5.74) is 2.99. The molecule has 1 fully saturated rings. The SMILES string of the molecule is COCC(=O)N1CCN(Cc2ccc3cc(Oc4ncc(-c5ccnn5COCC[Si](C)(C)C)cn4)ccc3c2)CC1. The van der Waals surface area contributed by atoms with Crippen LogP contribution in [0.4, 0.5) is 0 Å². The number of fused-ring (bicyclic) bond motifs is 1. The Bertz CT molecular complexity index is 1480. The maximum Gasteiger partial charge on any atom is 0.321 e. The second-order valence-electron chi connectivity index (χ2n) is 11.9. The Morgan fingerprint density at radius 3 is 2.43 bits per heavy atom. The molecule has 0 N–H and O–H groups in total. The molecule has 0 spiro atoms. The molecule has 0 bridgehead atoms. The average molecular weight is 589 g/mol. The molecule has 0 unspecified atom stereocenters. The summed E-state index contributed by atoms with van der Waals surface area (Å²) in [7, 11) is 0.423. The van der Waals surface area contributed by atoms with E-state index in [9.17, 15) is 4.79 Å². The molecule has 1 aliphatic rings. The monoisotopic (exact) mass is 588 g/mol. The molecule has 2 aromatic heterocycles. The second kappa shape index (κ2) is 13.6. The first kappa shape index (κ1) is 29.8. The second-order valence-corrected chi connectivity index (χ2v) is 17.5. The lowest BCUT2D eigenvalue weighted by Crippen LogP contribution is -2.49. The fraction of sp³-hybridized carbons (Fsp3) is 0.419. The Morgan fingerprint density at radius 2 is 1.69 bits per heavy atom. The summed E-state index contributed by atoms with van der Waals surface area (Å²) in [6.07, 6.45) is 5.26. The number of nitrogens with zero attached hydrogens (tertiary/aromatic N) is 6. The van der Waals surface area contributed by atoms with E-state index in [-0.39, 0.29) is 18.5 Å². The molecule has 0 aliphatic carbocycles. The highest BCUT2D eigenvalue weighted by atomic mass is 28.3. The Morgan fingerprint density at radius 1 is 0.952 bits per heavy atom. The molecule has 1 amide bonds. The number of benzene rings is 2. The van der Waals surface area contributed by atoms with Gasteiger partial charge in [-0.3, -0.25) is 9.69 Å². The number of aromatic nitrogens is 4. The van der Waals surface area contributed by atoms with Crippen molar-refractivity contribution in [2.75, 3.05) is 46.5 Å². The minimum atomic E-state index is -1.13. The van der Waals surface area contributed by atoms with Crippen LogP contribution in [0.15, 0.2) is 61.1 Å². The third kappa shape index (κ3) is 8.00. The Kier molecular flexibility index (Phi) is 9.63. The lowest BCUT2D eigenvalue weighted by molar-refractivity contribution is -0.136. The van der Waals surface area contributed by atoms with E-state index in [1.165, 1.54) is 5.56 Å². The number of ether oxygens (including phenoxy) is 3. The predicted octanol–water partition coefficient (Wildman–Crippen LogP) is 4.89. The highest BCUT2D eigenvalue weighted by molar-refractivity contribution is 6.76. The van der Waals surface area contributed by atoms with E-state index in [0.29, 0.717) is 12.5 Å². The number of amides is 1. The zero-order valence-electron chi connectivity index (χ0n) is 25.0. The third-order valence-corrected chi connectivity index (χ3v) is 9.04. The van der Waals surface area contributed by atoms with Crippen LogP contribution in [0.1, 0.15) is 5.56 Å². The lowest BCUT2D eigenvalue weighted by atomic mass is 10.1. The third-order valence-electron chi connectivity index (χ3n) is 7.33. The van der Waals surface area contributed by atoms with Crippen molar-refractivity contribution in [2.24, 2.45) is 0 Å². The lowest BCUT2D eigenvalue weighted by Gasteiger charge is -2.34. The summed E-state index contributed by atoms with van der Waals surface area (Å²) in [6, 6.07) is 15.8. The summed E-state index contributed by atoms with van der Waals surface area (Å²) >= 11 is 0. The van der Waals surface area contributed by atoms with Gasteiger partial charge in [0, 0.05) is 78.7 Å². The highest BCUT2D eigenvalue weighted by Crippen LogP contribution is 2.26. The minimum Gasteiger partial charge on any atom is -0.424 e. The summed E-state index contributed by atoms with van der Waals surface area (Å²) in [4.78, 5) is 25.2. The quantitative estimate of drug-likeness (QED) is 0.171. The van der Waals surface area contributed by atoms with Crippen molar-refractivity contribution in [3.05, 3.63) is 66.6 Å². The topological polar surface area (TPSA) is 94.8 Å². The van der Waals surface area contributed by atoms with Crippen LogP contribution in [0.2, 0.25) is 25.7 Å². The Labute approximate surface area is 248 Å².